The summed E-state index contributed by atoms with van der Waals surface area (Å²) in [6.45, 7) is 1.61. The van der Waals surface area contributed by atoms with Crippen molar-refractivity contribution in [2.24, 2.45) is 0 Å². The lowest BCUT2D eigenvalue weighted by Crippen LogP contribution is -2.30. The number of fused-ring (bicyclic) bond motifs is 1. The number of ether oxygens (including phenoxy) is 1. The molecule has 0 saturated heterocycles. The zero-order valence-corrected chi connectivity index (χ0v) is 16.7. The zero-order valence-electron chi connectivity index (χ0n) is 16.7. The molecule has 156 valence electrons. The van der Waals surface area contributed by atoms with E-state index in [1.807, 2.05) is 32.1 Å². The number of benzene rings is 1. The van der Waals surface area contributed by atoms with Crippen LogP contribution in [0.2, 0.25) is 0 Å². The Morgan fingerprint density at radius 2 is 1.76 bits per heavy atom. The van der Waals surface area contributed by atoms with Crippen LogP contribution in [-0.4, -0.2) is 49.9 Å². The molecule has 1 aromatic heterocycles. The van der Waals surface area contributed by atoms with Gasteiger partial charge in [-0.05, 0) is 56.9 Å². The highest BCUT2D eigenvalue weighted by atomic mass is 19.4. The van der Waals surface area contributed by atoms with Gasteiger partial charge in [0.15, 0.2) is 5.78 Å². The van der Waals surface area contributed by atoms with E-state index in [0.717, 1.165) is 31.0 Å². The monoisotopic (exact) mass is 407 g/mol. The summed E-state index contributed by atoms with van der Waals surface area (Å²) in [7, 11) is 5.90. The van der Waals surface area contributed by atoms with Gasteiger partial charge in [0.1, 0.15) is 17.7 Å². The fourth-order valence-electron chi connectivity index (χ4n) is 3.16. The topological polar surface area (TPSA) is 45.7 Å². The Labute approximate surface area is 168 Å². The molecule has 2 aromatic rings. The Kier molecular flexibility index (Phi) is 6.12. The Bertz CT molecular complexity index is 866. The Morgan fingerprint density at radius 1 is 1.07 bits per heavy atom. The molecule has 1 aliphatic rings. The summed E-state index contributed by atoms with van der Waals surface area (Å²) in [5.74, 6) is 1.04. The fraction of sp³-hybridized carbons (Fsp3) is 0.429. The lowest BCUT2D eigenvalue weighted by atomic mass is 9.92. The standard InChI is InChI=1S/C21H24F3N3O2/c1-26(2)12-13-27(3)19-11-8-16-17(28)9-10-18(20(16)25-19)29-15-6-4-14(5-7-15)21(22,23)24/h4-8,11,18H,9-10,12-13H2,1-3H3. The van der Waals surface area contributed by atoms with Crippen molar-refractivity contribution in [2.45, 2.75) is 25.1 Å². The van der Waals surface area contributed by atoms with Gasteiger partial charge in [0.05, 0.1) is 11.3 Å². The third-order valence-corrected chi connectivity index (χ3v) is 4.88. The van der Waals surface area contributed by atoms with E-state index in [0.29, 0.717) is 29.8 Å². The smallest absolute Gasteiger partial charge is 0.416 e. The highest BCUT2D eigenvalue weighted by molar-refractivity contribution is 5.98. The molecule has 1 atom stereocenters. The lowest BCUT2D eigenvalue weighted by Gasteiger charge is -2.27. The molecule has 0 N–H and O–H groups in total. The van der Waals surface area contributed by atoms with Crippen LogP contribution >= 0.6 is 0 Å². The minimum Gasteiger partial charge on any atom is -0.484 e. The van der Waals surface area contributed by atoms with Crippen LogP contribution in [0.25, 0.3) is 0 Å². The Hall–Kier alpha value is -2.61. The summed E-state index contributed by atoms with van der Waals surface area (Å²) >= 11 is 0. The molecule has 0 aliphatic heterocycles. The maximum Gasteiger partial charge on any atom is 0.416 e. The van der Waals surface area contributed by atoms with Crippen molar-refractivity contribution in [1.29, 1.82) is 0 Å². The van der Waals surface area contributed by atoms with E-state index in [2.05, 4.69) is 9.88 Å². The highest BCUT2D eigenvalue weighted by Gasteiger charge is 2.31. The predicted octanol–water partition coefficient (Wildman–Crippen LogP) is 4.19. The first-order chi connectivity index (χ1) is 13.6. The number of carbonyl (C=O) groups excluding carboxylic acids is 1. The van der Waals surface area contributed by atoms with Crippen LogP contribution in [0.1, 0.15) is 40.6 Å². The Balaban J connectivity index is 1.82. The van der Waals surface area contributed by atoms with Gasteiger partial charge in [0.2, 0.25) is 0 Å². The number of hydrogen-bond donors (Lipinski definition) is 0. The van der Waals surface area contributed by atoms with Crippen molar-refractivity contribution in [2.75, 3.05) is 39.1 Å². The molecular formula is C21H24F3N3O2. The van der Waals surface area contributed by atoms with Crippen LogP contribution in [-0.2, 0) is 6.18 Å². The molecule has 8 heteroatoms. The number of rotatable bonds is 6. The van der Waals surface area contributed by atoms with Crippen LogP contribution in [0.3, 0.4) is 0 Å². The van der Waals surface area contributed by atoms with Crippen LogP contribution in [0.15, 0.2) is 36.4 Å². The molecule has 29 heavy (non-hydrogen) atoms. The van der Waals surface area contributed by atoms with E-state index in [1.165, 1.54) is 12.1 Å². The van der Waals surface area contributed by atoms with Gasteiger partial charge in [-0.2, -0.15) is 13.2 Å². The van der Waals surface area contributed by atoms with Gasteiger partial charge in [-0.1, -0.05) is 0 Å². The van der Waals surface area contributed by atoms with Crippen LogP contribution < -0.4 is 9.64 Å². The summed E-state index contributed by atoms with van der Waals surface area (Å²) in [6.07, 6.45) is -4.13. The van der Waals surface area contributed by atoms with Crippen molar-refractivity contribution in [3.8, 4) is 5.75 Å². The van der Waals surface area contributed by atoms with E-state index in [-0.39, 0.29) is 5.78 Å². The van der Waals surface area contributed by atoms with Crippen LogP contribution in [0.5, 0.6) is 5.75 Å². The van der Waals surface area contributed by atoms with Crippen molar-refractivity contribution in [1.82, 2.24) is 9.88 Å². The van der Waals surface area contributed by atoms with Gasteiger partial charge in [-0.3, -0.25) is 4.79 Å². The van der Waals surface area contributed by atoms with E-state index >= 15 is 0 Å². The van der Waals surface area contributed by atoms with Gasteiger partial charge >= 0.3 is 6.18 Å². The summed E-state index contributed by atoms with van der Waals surface area (Å²) in [5.41, 5.74) is 0.320. The molecule has 0 spiro atoms. The number of alkyl halides is 3. The van der Waals surface area contributed by atoms with Gasteiger partial charge in [-0.15, -0.1) is 0 Å². The predicted molar refractivity (Wildman–Crippen MR) is 104 cm³/mol. The number of halogens is 3. The third kappa shape index (κ3) is 5.06. The van der Waals surface area contributed by atoms with E-state index in [9.17, 15) is 18.0 Å². The second-order valence-electron chi connectivity index (χ2n) is 7.42. The van der Waals surface area contributed by atoms with Crippen molar-refractivity contribution < 1.29 is 22.7 Å². The largest absolute Gasteiger partial charge is 0.484 e. The van der Waals surface area contributed by atoms with Crippen LogP contribution in [0.4, 0.5) is 19.0 Å². The number of likely N-dealkylation sites (N-methyl/N-ethyl adjacent to an activating group) is 2. The molecule has 5 nitrogen and oxygen atoms in total. The van der Waals surface area contributed by atoms with E-state index in [1.54, 1.807) is 6.07 Å². The summed E-state index contributed by atoms with van der Waals surface area (Å²) in [6, 6.07) is 8.14. The number of nitrogens with zero attached hydrogens (tertiary/aromatic N) is 3. The minimum atomic E-state index is -4.39. The molecule has 1 unspecified atom stereocenters. The van der Waals surface area contributed by atoms with Gasteiger partial charge in [0, 0.05) is 32.1 Å². The maximum atomic E-state index is 12.8. The average Bonchev–Trinajstić information content (AvgIpc) is 2.67. The molecular weight excluding hydrogens is 383 g/mol. The summed E-state index contributed by atoms with van der Waals surface area (Å²) in [4.78, 5) is 21.0. The van der Waals surface area contributed by atoms with Crippen molar-refractivity contribution in [3.63, 3.8) is 0 Å². The van der Waals surface area contributed by atoms with Crippen LogP contribution in [0, 0.1) is 0 Å². The molecule has 1 aliphatic carbocycles. The van der Waals surface area contributed by atoms with E-state index in [4.69, 9.17) is 4.74 Å². The number of anilines is 1. The molecule has 0 bridgehead atoms. The Morgan fingerprint density at radius 3 is 2.38 bits per heavy atom. The van der Waals surface area contributed by atoms with Gasteiger partial charge < -0.3 is 14.5 Å². The number of Topliss-reactive ketones (excluding diaryl/α,β-unsaturated/α-hetero) is 1. The lowest BCUT2D eigenvalue weighted by molar-refractivity contribution is -0.137. The number of aromatic nitrogens is 1. The minimum absolute atomic E-state index is 0.00210. The van der Waals surface area contributed by atoms with Crippen molar-refractivity contribution in [3.05, 3.63) is 53.2 Å². The summed E-state index contributed by atoms with van der Waals surface area (Å²) in [5, 5.41) is 0. The fourth-order valence-corrected chi connectivity index (χ4v) is 3.16. The van der Waals surface area contributed by atoms with Gasteiger partial charge in [-0.25, -0.2) is 4.98 Å². The molecule has 0 saturated carbocycles. The molecule has 1 aromatic carbocycles. The SMILES string of the molecule is CN(C)CCN(C)c1ccc2c(n1)C(Oc1ccc(C(F)(F)F)cc1)CCC2=O. The third-order valence-electron chi connectivity index (χ3n) is 4.88. The average molecular weight is 407 g/mol. The molecule has 0 radical (unpaired) electrons. The van der Waals surface area contributed by atoms with E-state index < -0.39 is 17.8 Å². The molecule has 1 heterocycles. The van der Waals surface area contributed by atoms with Gasteiger partial charge in [0.25, 0.3) is 0 Å². The zero-order chi connectivity index (χ0) is 21.2. The quantitative estimate of drug-likeness (QED) is 0.718. The first kappa shape index (κ1) is 21.1. The summed E-state index contributed by atoms with van der Waals surface area (Å²) < 4.78 is 44.2. The first-order valence-corrected chi connectivity index (χ1v) is 9.39. The highest BCUT2D eigenvalue weighted by Crippen LogP contribution is 2.35. The second kappa shape index (κ2) is 8.41. The molecule has 3 rings (SSSR count). The number of hydrogen-bond acceptors (Lipinski definition) is 5. The first-order valence-electron chi connectivity index (χ1n) is 9.39. The maximum absolute atomic E-state index is 12.8. The molecule has 0 amide bonds. The number of carbonyl (C=O) groups is 1. The molecule has 0 fully saturated rings. The normalized spacial score (nSPS) is 16.7. The second-order valence-corrected chi connectivity index (χ2v) is 7.42. The van der Waals surface area contributed by atoms with Crippen molar-refractivity contribution >= 4 is 11.6 Å². The number of pyridine rings is 1. The number of ketones is 1.